The van der Waals surface area contributed by atoms with Crippen molar-refractivity contribution in [2.75, 3.05) is 13.1 Å². The highest BCUT2D eigenvalue weighted by atomic mass is 19.3. The molecule has 0 bridgehead atoms. The highest BCUT2D eigenvalue weighted by Gasteiger charge is 2.37. The number of hydrogen-bond acceptors (Lipinski definition) is 3. The van der Waals surface area contributed by atoms with Crippen molar-refractivity contribution in [2.45, 2.75) is 19.0 Å². The minimum atomic E-state index is -3.02. The molecule has 0 spiro atoms. The normalized spacial score (nSPS) is 21.1. The van der Waals surface area contributed by atoms with E-state index in [1.54, 1.807) is 6.92 Å². The third kappa shape index (κ3) is 1.86. The maximum absolute atomic E-state index is 11.6. The van der Waals surface area contributed by atoms with Crippen molar-refractivity contribution in [1.29, 1.82) is 0 Å². The standard InChI is InChI=1S/C6H9F2NO2/c1-6(2-9-3-6)11-5(10)4(7)8/h4,9H,2-3H2,1H3. The van der Waals surface area contributed by atoms with Gasteiger partial charge >= 0.3 is 12.4 Å². The molecule has 64 valence electrons. The van der Waals surface area contributed by atoms with Crippen LogP contribution in [0.5, 0.6) is 0 Å². The lowest BCUT2D eigenvalue weighted by Crippen LogP contribution is -2.60. The van der Waals surface area contributed by atoms with Gasteiger partial charge in [0.15, 0.2) is 0 Å². The maximum atomic E-state index is 11.6. The Morgan fingerprint density at radius 3 is 2.45 bits per heavy atom. The second-order valence-electron chi connectivity index (χ2n) is 2.78. The Morgan fingerprint density at radius 1 is 1.64 bits per heavy atom. The van der Waals surface area contributed by atoms with Crippen molar-refractivity contribution >= 4 is 5.97 Å². The van der Waals surface area contributed by atoms with Crippen LogP contribution in [-0.4, -0.2) is 31.1 Å². The minimum absolute atomic E-state index is 0.450. The van der Waals surface area contributed by atoms with Gasteiger partial charge in [0.1, 0.15) is 5.60 Å². The highest BCUT2D eigenvalue weighted by Crippen LogP contribution is 2.16. The topological polar surface area (TPSA) is 38.3 Å². The van der Waals surface area contributed by atoms with Gasteiger partial charge in [-0.25, -0.2) is 4.79 Å². The first-order valence-electron chi connectivity index (χ1n) is 3.25. The number of rotatable bonds is 2. The Hall–Kier alpha value is -0.710. The van der Waals surface area contributed by atoms with E-state index >= 15 is 0 Å². The maximum Gasteiger partial charge on any atom is 0.374 e. The third-order valence-corrected chi connectivity index (χ3v) is 1.52. The lowest BCUT2D eigenvalue weighted by atomic mass is 10.0. The predicted octanol–water partition coefficient (Wildman–Crippen LogP) is 0.157. The number of ether oxygens (including phenoxy) is 1. The number of nitrogens with one attached hydrogen (secondary N) is 1. The summed E-state index contributed by atoms with van der Waals surface area (Å²) in [5, 5.41) is 2.82. The Balaban J connectivity index is 2.35. The van der Waals surface area contributed by atoms with Crippen molar-refractivity contribution in [3.05, 3.63) is 0 Å². The molecule has 1 aliphatic heterocycles. The summed E-state index contributed by atoms with van der Waals surface area (Å²) in [5.41, 5.74) is -0.715. The van der Waals surface area contributed by atoms with Gasteiger partial charge in [-0.05, 0) is 6.92 Å². The quantitative estimate of drug-likeness (QED) is 0.592. The Kier molecular flexibility index (Phi) is 2.08. The largest absolute Gasteiger partial charge is 0.452 e. The van der Waals surface area contributed by atoms with E-state index < -0.39 is 18.0 Å². The van der Waals surface area contributed by atoms with Gasteiger partial charge in [0.25, 0.3) is 0 Å². The van der Waals surface area contributed by atoms with Crippen molar-refractivity contribution in [2.24, 2.45) is 0 Å². The SMILES string of the molecule is CC1(OC(=O)C(F)F)CNC1. The number of esters is 1. The van der Waals surface area contributed by atoms with E-state index in [2.05, 4.69) is 10.1 Å². The van der Waals surface area contributed by atoms with Gasteiger partial charge in [-0.3, -0.25) is 0 Å². The van der Waals surface area contributed by atoms with Gasteiger partial charge in [-0.1, -0.05) is 0 Å². The minimum Gasteiger partial charge on any atom is -0.452 e. The van der Waals surface area contributed by atoms with Gasteiger partial charge in [-0.2, -0.15) is 8.78 Å². The molecule has 0 atom stereocenters. The van der Waals surface area contributed by atoms with Crippen molar-refractivity contribution in [3.63, 3.8) is 0 Å². The number of carbonyl (C=O) groups excluding carboxylic acids is 1. The summed E-state index contributed by atoms with van der Waals surface area (Å²) in [6.45, 7) is 2.51. The summed E-state index contributed by atoms with van der Waals surface area (Å²) in [6.07, 6.45) is -3.02. The molecule has 0 saturated carbocycles. The van der Waals surface area contributed by atoms with Gasteiger partial charge in [0, 0.05) is 13.1 Å². The van der Waals surface area contributed by atoms with Crippen LogP contribution in [0, 0.1) is 0 Å². The van der Waals surface area contributed by atoms with Crippen molar-refractivity contribution in [1.82, 2.24) is 5.32 Å². The lowest BCUT2D eigenvalue weighted by Gasteiger charge is -2.38. The van der Waals surface area contributed by atoms with Crippen LogP contribution >= 0.6 is 0 Å². The second kappa shape index (κ2) is 2.73. The average molecular weight is 165 g/mol. The molecule has 1 heterocycles. The fourth-order valence-corrected chi connectivity index (χ4v) is 0.837. The lowest BCUT2D eigenvalue weighted by molar-refractivity contribution is -0.175. The van der Waals surface area contributed by atoms with Gasteiger partial charge < -0.3 is 10.1 Å². The molecule has 0 aromatic rings. The van der Waals surface area contributed by atoms with Gasteiger partial charge in [-0.15, -0.1) is 0 Å². The summed E-state index contributed by atoms with van der Waals surface area (Å²) >= 11 is 0. The first-order valence-corrected chi connectivity index (χ1v) is 3.25. The van der Waals surface area contributed by atoms with E-state index in [9.17, 15) is 13.6 Å². The molecule has 0 unspecified atom stereocenters. The first-order chi connectivity index (χ1) is 5.03. The summed E-state index contributed by atoms with van der Waals surface area (Å²) in [7, 11) is 0. The average Bonchev–Trinajstić information content (AvgIpc) is 1.84. The number of hydrogen-bond donors (Lipinski definition) is 1. The molecule has 11 heavy (non-hydrogen) atoms. The monoisotopic (exact) mass is 165 g/mol. The van der Waals surface area contributed by atoms with Crippen LogP contribution < -0.4 is 5.32 Å². The molecule has 3 nitrogen and oxygen atoms in total. The predicted molar refractivity (Wildman–Crippen MR) is 33.4 cm³/mol. The van der Waals surface area contributed by atoms with E-state index in [1.165, 1.54) is 0 Å². The molecule has 1 fully saturated rings. The zero-order valence-electron chi connectivity index (χ0n) is 6.06. The van der Waals surface area contributed by atoms with E-state index in [1.807, 2.05) is 0 Å². The second-order valence-corrected chi connectivity index (χ2v) is 2.78. The molecule has 1 rings (SSSR count). The van der Waals surface area contributed by atoms with Crippen LogP contribution in [0.1, 0.15) is 6.92 Å². The molecule has 0 aromatic carbocycles. The summed E-state index contributed by atoms with van der Waals surface area (Å²) in [4.78, 5) is 10.4. The fraction of sp³-hybridized carbons (Fsp3) is 0.833. The first kappa shape index (κ1) is 8.39. The molecule has 1 N–H and O–H groups in total. The van der Waals surface area contributed by atoms with E-state index in [0.717, 1.165) is 0 Å². The summed E-state index contributed by atoms with van der Waals surface area (Å²) < 4.78 is 27.7. The van der Waals surface area contributed by atoms with Crippen molar-refractivity contribution < 1.29 is 18.3 Å². The Labute approximate surface area is 62.7 Å². The molecular weight excluding hydrogens is 156 g/mol. The smallest absolute Gasteiger partial charge is 0.374 e. The molecular formula is C6H9F2NO2. The van der Waals surface area contributed by atoms with E-state index in [-0.39, 0.29) is 0 Å². The molecule has 0 radical (unpaired) electrons. The van der Waals surface area contributed by atoms with Crippen LogP contribution in [-0.2, 0) is 9.53 Å². The third-order valence-electron chi connectivity index (χ3n) is 1.52. The number of carbonyl (C=O) groups is 1. The Bertz CT molecular complexity index is 168. The van der Waals surface area contributed by atoms with Crippen LogP contribution in [0.25, 0.3) is 0 Å². The molecule has 0 amide bonds. The zero-order valence-corrected chi connectivity index (χ0v) is 6.06. The van der Waals surface area contributed by atoms with Crippen molar-refractivity contribution in [3.8, 4) is 0 Å². The summed E-state index contributed by atoms with van der Waals surface area (Å²) in [6, 6.07) is 0. The molecule has 1 aliphatic rings. The summed E-state index contributed by atoms with van der Waals surface area (Å²) in [5.74, 6) is -1.44. The molecule has 0 aromatic heterocycles. The van der Waals surface area contributed by atoms with E-state index in [4.69, 9.17) is 0 Å². The van der Waals surface area contributed by atoms with Gasteiger partial charge in [0.05, 0.1) is 0 Å². The van der Waals surface area contributed by atoms with Crippen LogP contribution in [0.15, 0.2) is 0 Å². The molecule has 0 aliphatic carbocycles. The number of alkyl halides is 2. The highest BCUT2D eigenvalue weighted by molar-refractivity contribution is 5.73. The molecule has 5 heteroatoms. The zero-order chi connectivity index (χ0) is 8.48. The van der Waals surface area contributed by atoms with Crippen LogP contribution in [0.2, 0.25) is 0 Å². The van der Waals surface area contributed by atoms with Gasteiger partial charge in [0.2, 0.25) is 0 Å². The molecule has 1 saturated heterocycles. The van der Waals surface area contributed by atoms with Crippen LogP contribution in [0.3, 0.4) is 0 Å². The Morgan fingerprint density at radius 2 is 2.18 bits per heavy atom. The number of halogens is 2. The fourth-order valence-electron chi connectivity index (χ4n) is 0.837. The van der Waals surface area contributed by atoms with E-state index in [0.29, 0.717) is 13.1 Å². The van der Waals surface area contributed by atoms with Crippen LogP contribution in [0.4, 0.5) is 8.78 Å².